The smallest absolute Gasteiger partial charge is 0.212 e. The summed E-state index contributed by atoms with van der Waals surface area (Å²) in [5.74, 6) is 0.513. The van der Waals surface area contributed by atoms with Crippen LogP contribution in [-0.4, -0.2) is 25.2 Å². The van der Waals surface area contributed by atoms with Crippen LogP contribution in [0.3, 0.4) is 0 Å². The normalized spacial score (nSPS) is 11.1. The highest BCUT2D eigenvalue weighted by atomic mass is 16.5. The second-order valence-corrected chi connectivity index (χ2v) is 3.46. The number of hydrogen-bond donors (Lipinski definition) is 1. The van der Waals surface area contributed by atoms with Gasteiger partial charge in [-0.3, -0.25) is 5.32 Å². The van der Waals surface area contributed by atoms with Gasteiger partial charge in [-0.2, -0.15) is 5.26 Å². The zero-order chi connectivity index (χ0) is 13.2. The molecule has 0 aliphatic rings. The molecule has 0 aromatic carbocycles. The van der Waals surface area contributed by atoms with E-state index in [2.05, 4.69) is 26.4 Å². The maximum atomic E-state index is 9.06. The van der Waals surface area contributed by atoms with Crippen LogP contribution in [0.25, 0.3) is 10.4 Å². The summed E-state index contributed by atoms with van der Waals surface area (Å²) in [6.07, 6.45) is 2.29. The summed E-state index contributed by atoms with van der Waals surface area (Å²) in [7, 11) is 1.54. The van der Waals surface area contributed by atoms with E-state index < -0.39 is 6.04 Å². The molecule has 0 aliphatic carbocycles. The summed E-state index contributed by atoms with van der Waals surface area (Å²) in [6, 6.07) is 5.23. The fraction of sp³-hybridized carbons (Fsp3) is 0.455. The Morgan fingerprint density at radius 3 is 3.06 bits per heavy atom. The SMILES string of the molecule is COc1ccc(C(C#N)NCCCN=[N+]=[N-])cn1. The first-order valence-corrected chi connectivity index (χ1v) is 5.45. The molecule has 0 aliphatic heterocycles. The molecule has 0 fully saturated rings. The molecule has 1 aromatic heterocycles. The molecule has 1 aromatic rings. The Morgan fingerprint density at radius 1 is 1.67 bits per heavy atom. The van der Waals surface area contributed by atoms with Crippen LogP contribution in [0.5, 0.6) is 5.88 Å². The van der Waals surface area contributed by atoms with E-state index in [-0.39, 0.29) is 0 Å². The molecule has 1 rings (SSSR count). The van der Waals surface area contributed by atoms with Crippen molar-refractivity contribution in [3.05, 3.63) is 34.3 Å². The molecule has 7 nitrogen and oxygen atoms in total. The van der Waals surface area contributed by atoms with Crippen LogP contribution in [0.15, 0.2) is 23.4 Å². The van der Waals surface area contributed by atoms with Crippen LogP contribution in [-0.2, 0) is 0 Å². The van der Waals surface area contributed by atoms with Gasteiger partial charge in [-0.05, 0) is 24.6 Å². The Bertz CT molecular complexity index is 446. The van der Waals surface area contributed by atoms with Gasteiger partial charge >= 0.3 is 0 Å². The minimum atomic E-state index is -0.422. The molecule has 0 saturated heterocycles. The predicted molar refractivity (Wildman–Crippen MR) is 65.8 cm³/mol. The van der Waals surface area contributed by atoms with E-state index in [1.54, 1.807) is 18.3 Å². The highest BCUT2D eigenvalue weighted by Gasteiger charge is 2.09. The Kier molecular flexibility index (Phi) is 6.04. The largest absolute Gasteiger partial charge is 0.481 e. The van der Waals surface area contributed by atoms with Gasteiger partial charge in [0.15, 0.2) is 0 Å². The number of nitrogens with zero attached hydrogens (tertiary/aromatic N) is 5. The minimum absolute atomic E-state index is 0.419. The maximum Gasteiger partial charge on any atom is 0.212 e. The second kappa shape index (κ2) is 7.90. The van der Waals surface area contributed by atoms with Crippen LogP contribution in [0.2, 0.25) is 0 Å². The number of aromatic nitrogens is 1. The standard InChI is InChI=1S/C11H14N6O/c1-18-11-4-3-9(8-15-11)10(7-12)14-5-2-6-16-17-13/h3-4,8,10,14H,2,5-6H2,1H3. The van der Waals surface area contributed by atoms with Gasteiger partial charge in [0, 0.05) is 29.3 Å². The number of methoxy groups -OCH3 is 1. The molecule has 7 heteroatoms. The summed E-state index contributed by atoms with van der Waals surface area (Å²) in [6.45, 7) is 1.02. The Hall–Kier alpha value is -2.29. The second-order valence-electron chi connectivity index (χ2n) is 3.46. The Balaban J connectivity index is 2.49. The average molecular weight is 246 g/mol. The van der Waals surface area contributed by atoms with Gasteiger partial charge in [-0.1, -0.05) is 5.11 Å². The number of nitrogens with one attached hydrogen (secondary N) is 1. The number of pyridine rings is 1. The third-order valence-electron chi connectivity index (χ3n) is 2.28. The third kappa shape index (κ3) is 4.29. The molecule has 1 atom stereocenters. The predicted octanol–water partition coefficient (Wildman–Crippen LogP) is 1.94. The first-order chi connectivity index (χ1) is 8.81. The highest BCUT2D eigenvalue weighted by molar-refractivity contribution is 5.24. The third-order valence-corrected chi connectivity index (χ3v) is 2.28. The van der Waals surface area contributed by atoms with Gasteiger partial charge in [-0.15, -0.1) is 0 Å². The molecule has 94 valence electrons. The topological polar surface area (TPSA) is 107 Å². The molecule has 0 spiro atoms. The van der Waals surface area contributed by atoms with E-state index >= 15 is 0 Å². The van der Waals surface area contributed by atoms with Crippen LogP contribution in [0, 0.1) is 11.3 Å². The number of nitriles is 1. The van der Waals surface area contributed by atoms with E-state index in [4.69, 9.17) is 15.5 Å². The lowest BCUT2D eigenvalue weighted by atomic mass is 10.1. The van der Waals surface area contributed by atoms with Gasteiger partial charge in [0.05, 0.1) is 13.2 Å². The van der Waals surface area contributed by atoms with E-state index in [1.165, 1.54) is 7.11 Å². The van der Waals surface area contributed by atoms with Crippen LogP contribution >= 0.6 is 0 Å². The number of azide groups is 1. The number of ether oxygens (including phenoxy) is 1. The lowest BCUT2D eigenvalue weighted by Gasteiger charge is -2.11. The first kappa shape index (κ1) is 13.8. The molecule has 1 N–H and O–H groups in total. The lowest BCUT2D eigenvalue weighted by molar-refractivity contribution is 0.397. The van der Waals surface area contributed by atoms with Crippen molar-refractivity contribution in [1.29, 1.82) is 5.26 Å². The molecule has 1 unspecified atom stereocenters. The molecular weight excluding hydrogens is 232 g/mol. The number of hydrogen-bond acceptors (Lipinski definition) is 5. The molecule has 0 saturated carbocycles. The van der Waals surface area contributed by atoms with Gasteiger partial charge < -0.3 is 4.74 Å². The lowest BCUT2D eigenvalue weighted by Crippen LogP contribution is -2.21. The van der Waals surface area contributed by atoms with Crippen molar-refractivity contribution in [2.75, 3.05) is 20.2 Å². The molecule has 0 amide bonds. The fourth-order valence-electron chi connectivity index (χ4n) is 1.36. The van der Waals surface area contributed by atoms with Crippen molar-refractivity contribution in [1.82, 2.24) is 10.3 Å². The summed E-state index contributed by atoms with van der Waals surface area (Å²) in [5, 5.41) is 15.5. The van der Waals surface area contributed by atoms with Gasteiger partial charge in [0.1, 0.15) is 6.04 Å². The van der Waals surface area contributed by atoms with E-state index in [0.29, 0.717) is 25.4 Å². The minimum Gasteiger partial charge on any atom is -0.481 e. The average Bonchev–Trinajstić information content (AvgIpc) is 2.43. The summed E-state index contributed by atoms with van der Waals surface area (Å²) >= 11 is 0. The van der Waals surface area contributed by atoms with Gasteiger partial charge in [0.2, 0.25) is 5.88 Å². The Labute approximate surface area is 105 Å². The van der Waals surface area contributed by atoms with E-state index in [0.717, 1.165) is 5.56 Å². The van der Waals surface area contributed by atoms with Crippen LogP contribution in [0.1, 0.15) is 18.0 Å². The number of rotatable bonds is 7. The van der Waals surface area contributed by atoms with E-state index in [9.17, 15) is 0 Å². The van der Waals surface area contributed by atoms with Crippen molar-refractivity contribution in [2.45, 2.75) is 12.5 Å². The van der Waals surface area contributed by atoms with Gasteiger partial charge in [0.25, 0.3) is 0 Å². The van der Waals surface area contributed by atoms with Crippen molar-refractivity contribution in [3.63, 3.8) is 0 Å². The van der Waals surface area contributed by atoms with Crippen molar-refractivity contribution in [2.24, 2.45) is 5.11 Å². The van der Waals surface area contributed by atoms with Crippen molar-refractivity contribution in [3.8, 4) is 11.9 Å². The highest BCUT2D eigenvalue weighted by Crippen LogP contribution is 2.14. The van der Waals surface area contributed by atoms with Gasteiger partial charge in [-0.25, -0.2) is 4.98 Å². The van der Waals surface area contributed by atoms with Crippen molar-refractivity contribution < 1.29 is 4.74 Å². The molecular formula is C11H14N6O. The maximum absolute atomic E-state index is 9.06. The monoisotopic (exact) mass is 246 g/mol. The summed E-state index contributed by atoms with van der Waals surface area (Å²) in [5.41, 5.74) is 8.89. The zero-order valence-electron chi connectivity index (χ0n) is 10.1. The van der Waals surface area contributed by atoms with E-state index in [1.807, 2.05) is 0 Å². The quantitative estimate of drug-likeness (QED) is 0.343. The Morgan fingerprint density at radius 2 is 2.50 bits per heavy atom. The molecule has 0 radical (unpaired) electrons. The summed E-state index contributed by atoms with van der Waals surface area (Å²) < 4.78 is 4.95. The fourth-order valence-corrected chi connectivity index (χ4v) is 1.36. The molecule has 18 heavy (non-hydrogen) atoms. The summed E-state index contributed by atoms with van der Waals surface area (Å²) in [4.78, 5) is 6.70. The molecule has 0 bridgehead atoms. The van der Waals surface area contributed by atoms with Crippen LogP contribution < -0.4 is 10.1 Å². The zero-order valence-corrected chi connectivity index (χ0v) is 10.1. The first-order valence-electron chi connectivity index (χ1n) is 5.45. The molecule has 1 heterocycles. The van der Waals surface area contributed by atoms with Crippen molar-refractivity contribution >= 4 is 0 Å². The van der Waals surface area contributed by atoms with Crippen LogP contribution in [0.4, 0.5) is 0 Å².